The highest BCUT2D eigenvalue weighted by Crippen LogP contribution is 2.38. The second-order valence-corrected chi connectivity index (χ2v) is 3.61. The maximum atomic E-state index is 3.48. The molecule has 2 fully saturated rings. The molecule has 1 N–H and O–H groups in total. The van der Waals surface area contributed by atoms with Crippen molar-refractivity contribution < 1.29 is 0 Å². The lowest BCUT2D eigenvalue weighted by Crippen LogP contribution is -2.36. The van der Waals surface area contributed by atoms with E-state index in [2.05, 4.69) is 12.2 Å². The van der Waals surface area contributed by atoms with E-state index >= 15 is 0 Å². The van der Waals surface area contributed by atoms with E-state index in [4.69, 9.17) is 0 Å². The minimum Gasteiger partial charge on any atom is -0.316 e. The normalized spacial score (nSPS) is 49.7. The van der Waals surface area contributed by atoms with E-state index in [1.54, 1.807) is 0 Å². The topological polar surface area (TPSA) is 12.0 Å². The molecule has 0 unspecified atom stereocenters. The zero-order valence-electron chi connectivity index (χ0n) is 6.06. The third kappa shape index (κ3) is 0.787. The SMILES string of the molecule is C[C@@H]1[C@@H]2CC[C@H]1CNC2. The van der Waals surface area contributed by atoms with Gasteiger partial charge >= 0.3 is 0 Å². The van der Waals surface area contributed by atoms with Crippen LogP contribution in [0.4, 0.5) is 0 Å². The largest absolute Gasteiger partial charge is 0.316 e. The van der Waals surface area contributed by atoms with Gasteiger partial charge in [0.05, 0.1) is 0 Å². The minimum absolute atomic E-state index is 1.02. The highest BCUT2D eigenvalue weighted by Gasteiger charge is 2.35. The van der Waals surface area contributed by atoms with Crippen LogP contribution >= 0.6 is 0 Å². The smallest absolute Gasteiger partial charge is 0.00177 e. The first kappa shape index (κ1) is 5.72. The predicted molar refractivity (Wildman–Crippen MR) is 38.2 cm³/mol. The van der Waals surface area contributed by atoms with Crippen LogP contribution in [0.3, 0.4) is 0 Å². The highest BCUT2D eigenvalue weighted by molar-refractivity contribution is 4.88. The van der Waals surface area contributed by atoms with E-state index in [0.29, 0.717) is 0 Å². The van der Waals surface area contributed by atoms with E-state index in [1.165, 1.54) is 25.9 Å². The minimum atomic E-state index is 1.02. The Hall–Kier alpha value is -0.0400. The summed E-state index contributed by atoms with van der Waals surface area (Å²) in [6.45, 7) is 5.00. The Bertz CT molecular complexity index is 95.1. The van der Waals surface area contributed by atoms with Gasteiger partial charge in [-0.25, -0.2) is 0 Å². The number of hydrogen-bond donors (Lipinski definition) is 1. The molecule has 1 saturated heterocycles. The van der Waals surface area contributed by atoms with Crippen molar-refractivity contribution in [3.8, 4) is 0 Å². The Labute approximate surface area is 56.8 Å². The van der Waals surface area contributed by atoms with Crippen LogP contribution in [0.2, 0.25) is 0 Å². The molecule has 1 aliphatic heterocycles. The van der Waals surface area contributed by atoms with Crippen molar-refractivity contribution in [3.05, 3.63) is 0 Å². The Morgan fingerprint density at radius 3 is 2.11 bits per heavy atom. The monoisotopic (exact) mass is 125 g/mol. The predicted octanol–water partition coefficient (Wildman–Crippen LogP) is 1.25. The van der Waals surface area contributed by atoms with E-state index < -0.39 is 0 Å². The molecule has 0 aromatic rings. The molecule has 0 aromatic carbocycles. The first-order chi connectivity index (χ1) is 4.38. The fourth-order valence-electron chi connectivity index (χ4n) is 2.37. The Morgan fingerprint density at radius 2 is 1.67 bits per heavy atom. The third-order valence-corrected chi connectivity index (χ3v) is 3.21. The summed E-state index contributed by atoms with van der Waals surface area (Å²) in [5.74, 6) is 3.05. The van der Waals surface area contributed by atoms with Crippen LogP contribution in [0, 0.1) is 17.8 Å². The van der Waals surface area contributed by atoms with Gasteiger partial charge in [-0.2, -0.15) is 0 Å². The average Bonchev–Trinajstić information content (AvgIpc) is 2.19. The quantitative estimate of drug-likeness (QED) is 0.514. The first-order valence-electron chi connectivity index (χ1n) is 4.08. The fraction of sp³-hybridized carbons (Fsp3) is 1.00. The number of hydrogen-bond acceptors (Lipinski definition) is 1. The van der Waals surface area contributed by atoms with Gasteiger partial charge < -0.3 is 5.32 Å². The van der Waals surface area contributed by atoms with E-state index in [-0.39, 0.29) is 0 Å². The molecular formula is C8H15N. The molecule has 1 aliphatic carbocycles. The van der Waals surface area contributed by atoms with Crippen LogP contribution in [0.5, 0.6) is 0 Å². The van der Waals surface area contributed by atoms with Gasteiger partial charge in [0.25, 0.3) is 0 Å². The number of piperidine rings is 1. The van der Waals surface area contributed by atoms with Crippen molar-refractivity contribution in [2.45, 2.75) is 19.8 Å². The zero-order chi connectivity index (χ0) is 6.27. The summed E-state index contributed by atoms with van der Waals surface area (Å²) in [5.41, 5.74) is 0. The van der Waals surface area contributed by atoms with Crippen LogP contribution in [-0.2, 0) is 0 Å². The maximum absolute atomic E-state index is 3.48. The molecule has 2 rings (SSSR count). The van der Waals surface area contributed by atoms with Crippen LogP contribution in [0.25, 0.3) is 0 Å². The third-order valence-electron chi connectivity index (χ3n) is 3.21. The van der Waals surface area contributed by atoms with Crippen molar-refractivity contribution >= 4 is 0 Å². The Kier molecular flexibility index (Phi) is 1.26. The molecule has 1 heterocycles. The van der Waals surface area contributed by atoms with Crippen molar-refractivity contribution in [1.82, 2.24) is 5.32 Å². The highest BCUT2D eigenvalue weighted by atomic mass is 14.9. The molecule has 0 aromatic heterocycles. The van der Waals surface area contributed by atoms with Crippen molar-refractivity contribution in [1.29, 1.82) is 0 Å². The van der Waals surface area contributed by atoms with Gasteiger partial charge in [-0.1, -0.05) is 6.92 Å². The summed E-state index contributed by atoms with van der Waals surface area (Å²) in [4.78, 5) is 0. The summed E-state index contributed by atoms with van der Waals surface area (Å²) < 4.78 is 0. The summed E-state index contributed by atoms with van der Waals surface area (Å²) in [7, 11) is 0. The molecule has 3 atom stereocenters. The molecular weight excluding hydrogens is 110 g/mol. The van der Waals surface area contributed by atoms with Gasteiger partial charge in [0.1, 0.15) is 0 Å². The molecule has 1 nitrogen and oxygen atoms in total. The fourth-order valence-corrected chi connectivity index (χ4v) is 2.37. The second-order valence-electron chi connectivity index (χ2n) is 3.61. The van der Waals surface area contributed by atoms with E-state index in [0.717, 1.165) is 17.8 Å². The zero-order valence-corrected chi connectivity index (χ0v) is 6.06. The molecule has 1 saturated carbocycles. The van der Waals surface area contributed by atoms with Crippen molar-refractivity contribution in [2.24, 2.45) is 17.8 Å². The molecule has 1 heteroatoms. The van der Waals surface area contributed by atoms with Crippen LogP contribution < -0.4 is 5.32 Å². The molecule has 2 bridgehead atoms. The second kappa shape index (κ2) is 1.98. The lowest BCUT2D eigenvalue weighted by Gasteiger charge is -2.27. The molecule has 0 amide bonds. The summed E-state index contributed by atoms with van der Waals surface area (Å²) in [6.07, 6.45) is 2.97. The van der Waals surface area contributed by atoms with Gasteiger partial charge in [0.15, 0.2) is 0 Å². The molecule has 0 spiro atoms. The molecule has 52 valence electrons. The Balaban J connectivity index is 2.10. The first-order valence-corrected chi connectivity index (χ1v) is 4.08. The summed E-state index contributed by atoms with van der Waals surface area (Å²) >= 11 is 0. The maximum Gasteiger partial charge on any atom is -0.00177 e. The number of fused-ring (bicyclic) bond motifs is 2. The number of nitrogens with one attached hydrogen (secondary N) is 1. The molecule has 2 aliphatic rings. The summed E-state index contributed by atoms with van der Waals surface area (Å²) in [5, 5.41) is 3.48. The van der Waals surface area contributed by atoms with Crippen LogP contribution in [0.15, 0.2) is 0 Å². The van der Waals surface area contributed by atoms with E-state index in [1.807, 2.05) is 0 Å². The summed E-state index contributed by atoms with van der Waals surface area (Å²) in [6, 6.07) is 0. The number of rotatable bonds is 0. The lowest BCUT2D eigenvalue weighted by atomic mass is 9.88. The van der Waals surface area contributed by atoms with Crippen LogP contribution in [-0.4, -0.2) is 13.1 Å². The van der Waals surface area contributed by atoms with E-state index in [9.17, 15) is 0 Å². The van der Waals surface area contributed by atoms with Crippen LogP contribution in [0.1, 0.15) is 19.8 Å². The van der Waals surface area contributed by atoms with Gasteiger partial charge in [-0.3, -0.25) is 0 Å². The van der Waals surface area contributed by atoms with Gasteiger partial charge in [-0.15, -0.1) is 0 Å². The van der Waals surface area contributed by atoms with Gasteiger partial charge in [0, 0.05) is 0 Å². The average molecular weight is 125 g/mol. The molecule has 0 radical (unpaired) electrons. The lowest BCUT2D eigenvalue weighted by molar-refractivity contribution is 0.267. The van der Waals surface area contributed by atoms with Gasteiger partial charge in [-0.05, 0) is 43.7 Å². The van der Waals surface area contributed by atoms with Gasteiger partial charge in [0.2, 0.25) is 0 Å². The Morgan fingerprint density at radius 1 is 1.11 bits per heavy atom. The standard InChI is InChI=1S/C8H15N/c1-6-7-2-3-8(6)5-9-4-7/h6-9H,2-5H2,1H3/t6-,7-,8+. The molecule has 9 heavy (non-hydrogen) atoms. The van der Waals surface area contributed by atoms with Crippen molar-refractivity contribution in [2.75, 3.05) is 13.1 Å². The van der Waals surface area contributed by atoms with Crippen molar-refractivity contribution in [3.63, 3.8) is 0 Å².